The van der Waals surface area contributed by atoms with Crippen LogP contribution < -0.4 is 0 Å². The van der Waals surface area contributed by atoms with E-state index in [1.165, 1.54) is 0 Å². The zero-order valence-electron chi connectivity index (χ0n) is 11.7. The highest BCUT2D eigenvalue weighted by atomic mass is 16.5. The molecular formula is C14H18N4O2. The minimum absolute atomic E-state index is 0.00623. The molecular weight excluding hydrogens is 256 g/mol. The summed E-state index contributed by atoms with van der Waals surface area (Å²) in [6.45, 7) is 5.37. The van der Waals surface area contributed by atoms with Gasteiger partial charge in [-0.2, -0.15) is 5.10 Å². The number of aromatic nitrogens is 3. The molecule has 0 N–H and O–H groups in total. The zero-order chi connectivity index (χ0) is 14.1. The summed E-state index contributed by atoms with van der Waals surface area (Å²) in [5.41, 5.74) is 1.34. The Bertz CT molecular complexity index is 616. The number of likely N-dealkylation sites (tertiary alicyclic amines) is 1. The predicted octanol–water partition coefficient (Wildman–Crippen LogP) is 2.18. The smallest absolute Gasteiger partial charge is 0.274 e. The van der Waals surface area contributed by atoms with Gasteiger partial charge >= 0.3 is 0 Å². The molecule has 0 saturated carbocycles. The van der Waals surface area contributed by atoms with Crippen molar-refractivity contribution in [2.24, 2.45) is 0 Å². The third-order valence-corrected chi connectivity index (χ3v) is 3.69. The van der Waals surface area contributed by atoms with E-state index in [0.717, 1.165) is 37.4 Å². The number of nitrogens with zero attached hydrogens (tertiary/aromatic N) is 4. The van der Waals surface area contributed by atoms with Gasteiger partial charge in [-0.15, -0.1) is 0 Å². The minimum atomic E-state index is -0.0275. The Morgan fingerprint density at radius 2 is 2.40 bits per heavy atom. The fourth-order valence-corrected chi connectivity index (χ4v) is 2.66. The first-order valence-electron chi connectivity index (χ1n) is 6.96. The highest BCUT2D eigenvalue weighted by Gasteiger charge is 2.33. The molecule has 1 aliphatic heterocycles. The van der Waals surface area contributed by atoms with Crippen LogP contribution in [0.15, 0.2) is 22.9 Å². The van der Waals surface area contributed by atoms with Gasteiger partial charge in [0.2, 0.25) is 0 Å². The number of rotatable bonds is 3. The summed E-state index contributed by atoms with van der Waals surface area (Å²) >= 11 is 0. The van der Waals surface area contributed by atoms with Crippen LogP contribution in [0.25, 0.3) is 0 Å². The summed E-state index contributed by atoms with van der Waals surface area (Å²) in [7, 11) is 0. The lowest BCUT2D eigenvalue weighted by Gasteiger charge is -2.21. The SMILES string of the molecule is CCn1ccc(C(=O)N2CCCC2c2cc(C)on2)n1. The van der Waals surface area contributed by atoms with Crippen molar-refractivity contribution in [1.29, 1.82) is 0 Å². The molecule has 1 fully saturated rings. The maximum atomic E-state index is 12.6. The third-order valence-electron chi connectivity index (χ3n) is 3.69. The Morgan fingerprint density at radius 3 is 3.05 bits per heavy atom. The Balaban J connectivity index is 1.83. The summed E-state index contributed by atoms with van der Waals surface area (Å²) in [6.07, 6.45) is 3.74. The van der Waals surface area contributed by atoms with E-state index in [2.05, 4.69) is 10.3 Å². The first-order chi connectivity index (χ1) is 9.69. The van der Waals surface area contributed by atoms with Gasteiger partial charge in [0.05, 0.1) is 6.04 Å². The number of aryl methyl sites for hydroxylation is 2. The predicted molar refractivity (Wildman–Crippen MR) is 72.2 cm³/mol. The van der Waals surface area contributed by atoms with Crippen LogP contribution in [0.4, 0.5) is 0 Å². The van der Waals surface area contributed by atoms with Crippen LogP contribution in [0.1, 0.15) is 47.7 Å². The lowest BCUT2D eigenvalue weighted by molar-refractivity contribution is 0.0724. The van der Waals surface area contributed by atoms with Gasteiger partial charge in [-0.25, -0.2) is 0 Å². The highest BCUT2D eigenvalue weighted by Crippen LogP contribution is 2.32. The fourth-order valence-electron chi connectivity index (χ4n) is 2.66. The molecule has 0 bridgehead atoms. The van der Waals surface area contributed by atoms with Crippen molar-refractivity contribution < 1.29 is 9.32 Å². The van der Waals surface area contributed by atoms with Crippen LogP contribution in [-0.4, -0.2) is 32.3 Å². The highest BCUT2D eigenvalue weighted by molar-refractivity contribution is 5.92. The molecule has 3 rings (SSSR count). The molecule has 0 aliphatic carbocycles. The van der Waals surface area contributed by atoms with Gasteiger partial charge in [-0.05, 0) is 32.8 Å². The molecule has 0 radical (unpaired) electrons. The van der Waals surface area contributed by atoms with E-state index in [1.807, 2.05) is 31.0 Å². The van der Waals surface area contributed by atoms with Crippen LogP contribution in [0, 0.1) is 6.92 Å². The Hall–Kier alpha value is -2.11. The van der Waals surface area contributed by atoms with Crippen molar-refractivity contribution in [3.63, 3.8) is 0 Å². The molecule has 0 aromatic carbocycles. The molecule has 1 saturated heterocycles. The lowest BCUT2D eigenvalue weighted by Crippen LogP contribution is -2.31. The van der Waals surface area contributed by atoms with Gasteiger partial charge in [0, 0.05) is 25.4 Å². The van der Waals surface area contributed by atoms with E-state index < -0.39 is 0 Å². The van der Waals surface area contributed by atoms with E-state index in [-0.39, 0.29) is 11.9 Å². The first-order valence-corrected chi connectivity index (χ1v) is 6.96. The van der Waals surface area contributed by atoms with Crippen LogP contribution in [0.2, 0.25) is 0 Å². The van der Waals surface area contributed by atoms with Gasteiger partial charge in [-0.3, -0.25) is 9.48 Å². The average Bonchev–Trinajstić information content (AvgIpc) is 3.17. The van der Waals surface area contributed by atoms with Crippen LogP contribution in [0.3, 0.4) is 0 Å². The Kier molecular flexibility index (Phi) is 3.30. The largest absolute Gasteiger partial charge is 0.361 e. The Morgan fingerprint density at radius 1 is 1.55 bits per heavy atom. The molecule has 1 aliphatic rings. The standard InChI is InChI=1S/C14H18N4O2/c1-3-17-8-6-11(15-17)14(19)18-7-4-5-13(18)12-9-10(2)20-16-12/h6,8-9,13H,3-5,7H2,1-2H3. The first kappa shape index (κ1) is 12.9. The maximum absolute atomic E-state index is 12.6. The molecule has 6 heteroatoms. The van der Waals surface area contributed by atoms with Crippen molar-refractivity contribution in [3.8, 4) is 0 Å². The molecule has 2 aromatic rings. The van der Waals surface area contributed by atoms with E-state index in [4.69, 9.17) is 4.52 Å². The second kappa shape index (κ2) is 5.11. The van der Waals surface area contributed by atoms with Crippen LogP contribution >= 0.6 is 0 Å². The number of carbonyl (C=O) groups excluding carboxylic acids is 1. The van der Waals surface area contributed by atoms with E-state index >= 15 is 0 Å². The van der Waals surface area contributed by atoms with Crippen molar-refractivity contribution >= 4 is 5.91 Å². The van der Waals surface area contributed by atoms with Crippen molar-refractivity contribution in [2.75, 3.05) is 6.54 Å². The second-order valence-electron chi connectivity index (χ2n) is 5.08. The molecule has 1 unspecified atom stereocenters. The average molecular weight is 274 g/mol. The van der Waals surface area contributed by atoms with Crippen LogP contribution in [0.5, 0.6) is 0 Å². The molecule has 3 heterocycles. The molecule has 2 aromatic heterocycles. The van der Waals surface area contributed by atoms with Gasteiger partial charge in [0.15, 0.2) is 0 Å². The Labute approximate surface area is 117 Å². The summed E-state index contributed by atoms with van der Waals surface area (Å²) in [6, 6.07) is 3.68. The van der Waals surface area contributed by atoms with Gasteiger partial charge in [0.1, 0.15) is 17.1 Å². The summed E-state index contributed by atoms with van der Waals surface area (Å²) in [5, 5.41) is 8.34. The topological polar surface area (TPSA) is 64.2 Å². The van der Waals surface area contributed by atoms with Crippen molar-refractivity contribution in [3.05, 3.63) is 35.5 Å². The summed E-state index contributed by atoms with van der Waals surface area (Å²) in [5.74, 6) is 0.745. The third kappa shape index (κ3) is 2.21. The van der Waals surface area contributed by atoms with E-state index in [0.29, 0.717) is 5.69 Å². The number of carbonyl (C=O) groups is 1. The van der Waals surface area contributed by atoms with Gasteiger partial charge in [0.25, 0.3) is 5.91 Å². The monoisotopic (exact) mass is 274 g/mol. The number of amides is 1. The van der Waals surface area contributed by atoms with E-state index in [9.17, 15) is 4.79 Å². The molecule has 0 spiro atoms. The van der Waals surface area contributed by atoms with E-state index in [1.54, 1.807) is 10.7 Å². The second-order valence-corrected chi connectivity index (χ2v) is 5.08. The summed E-state index contributed by atoms with van der Waals surface area (Å²) in [4.78, 5) is 14.4. The molecule has 1 amide bonds. The van der Waals surface area contributed by atoms with Crippen molar-refractivity contribution in [2.45, 2.75) is 39.3 Å². The molecule has 106 valence electrons. The van der Waals surface area contributed by atoms with Gasteiger partial charge < -0.3 is 9.42 Å². The zero-order valence-corrected chi connectivity index (χ0v) is 11.7. The quantitative estimate of drug-likeness (QED) is 0.860. The summed E-state index contributed by atoms with van der Waals surface area (Å²) < 4.78 is 6.89. The maximum Gasteiger partial charge on any atom is 0.274 e. The lowest BCUT2D eigenvalue weighted by atomic mass is 10.1. The van der Waals surface area contributed by atoms with Crippen LogP contribution in [-0.2, 0) is 6.54 Å². The number of hydrogen-bond donors (Lipinski definition) is 0. The normalized spacial score (nSPS) is 18.7. The number of hydrogen-bond acceptors (Lipinski definition) is 4. The molecule has 20 heavy (non-hydrogen) atoms. The van der Waals surface area contributed by atoms with Crippen molar-refractivity contribution in [1.82, 2.24) is 19.8 Å². The molecule has 1 atom stereocenters. The fraction of sp³-hybridized carbons (Fsp3) is 0.500. The minimum Gasteiger partial charge on any atom is -0.361 e. The molecule has 6 nitrogen and oxygen atoms in total. The van der Waals surface area contributed by atoms with Gasteiger partial charge in [-0.1, -0.05) is 5.16 Å².